The molecule has 5 nitrogen and oxygen atoms in total. The van der Waals surface area contributed by atoms with E-state index >= 15 is 0 Å². The lowest BCUT2D eigenvalue weighted by Crippen LogP contribution is -2.23. The maximum Gasteiger partial charge on any atom is 0.409 e. The molecule has 0 aliphatic rings. The number of amides is 1. The molecule has 0 unspecified atom stereocenters. The van der Waals surface area contributed by atoms with Crippen LogP contribution in [0.15, 0.2) is 0 Å². The first-order valence-corrected chi connectivity index (χ1v) is 3.34. The van der Waals surface area contributed by atoms with Crippen LogP contribution in [0.1, 0.15) is 6.42 Å². The third-order valence-electron chi connectivity index (χ3n) is 0.997. The molecule has 11 heavy (non-hydrogen) atoms. The zero-order valence-corrected chi connectivity index (χ0v) is 6.87. The Bertz CT molecular complexity index is 116. The topological polar surface area (TPSA) is 64.8 Å². The summed E-state index contributed by atoms with van der Waals surface area (Å²) < 4.78 is 4.76. The van der Waals surface area contributed by atoms with Crippen LogP contribution in [0.25, 0.3) is 0 Å². The predicted molar refractivity (Wildman–Crippen MR) is 39.8 cm³/mol. The summed E-state index contributed by atoms with van der Waals surface area (Å²) in [6.07, 6.45) is 0.276. The molecule has 2 N–H and O–H groups in total. The van der Waals surface area contributed by atoms with Gasteiger partial charge < -0.3 is 14.5 Å². The maximum atomic E-state index is 10.7. The van der Waals surface area contributed by atoms with Crippen molar-refractivity contribution < 1.29 is 14.4 Å². The Morgan fingerprint density at radius 1 is 1.45 bits per heavy atom. The molecule has 0 spiro atoms. The average molecular weight is 162 g/mol. The minimum Gasteiger partial charge on any atom is -0.449 e. The summed E-state index contributed by atoms with van der Waals surface area (Å²) in [6.45, 7) is 0.745. The van der Waals surface area contributed by atoms with Gasteiger partial charge in [-0.3, -0.25) is 0 Å². The van der Waals surface area contributed by atoms with Crippen LogP contribution in [0, 0.1) is 0 Å². The predicted octanol–water partition coefficient (Wildman–Crippen LogP) is -0.0350. The molecule has 1 amide bonds. The Morgan fingerprint density at radius 2 is 2.09 bits per heavy atom. The summed E-state index contributed by atoms with van der Waals surface area (Å²) >= 11 is 0. The fraction of sp³-hybridized carbons (Fsp3) is 0.833. The molecule has 0 heterocycles. The molecular formula is C6H14N2O3. The molecule has 0 saturated carbocycles. The van der Waals surface area contributed by atoms with Crippen molar-refractivity contribution in [2.75, 3.05) is 27.3 Å². The number of rotatable bonds is 4. The highest BCUT2D eigenvalue weighted by molar-refractivity contribution is 5.66. The second-order valence-corrected chi connectivity index (χ2v) is 2.23. The van der Waals surface area contributed by atoms with Crippen molar-refractivity contribution in [2.45, 2.75) is 6.42 Å². The standard InChI is InChI=1S/C6H14N2O3/c1-8(2)6(9)10-4-3-5-11-7/h3-5,7H2,1-2H3. The third kappa shape index (κ3) is 5.63. The minimum absolute atomic E-state index is 0.341. The van der Waals surface area contributed by atoms with Crippen LogP contribution in [0.3, 0.4) is 0 Å². The number of carbonyl (C=O) groups excluding carboxylic acids is 1. The molecule has 0 aromatic heterocycles. The first kappa shape index (κ1) is 10.2. The molecule has 0 aliphatic heterocycles. The van der Waals surface area contributed by atoms with Crippen molar-refractivity contribution in [1.82, 2.24) is 4.90 Å². The minimum atomic E-state index is -0.345. The van der Waals surface area contributed by atoms with Crippen LogP contribution in [0.4, 0.5) is 4.79 Å². The number of hydrogen-bond donors (Lipinski definition) is 1. The van der Waals surface area contributed by atoms with Crippen LogP contribution in [0.5, 0.6) is 0 Å². The Labute approximate surface area is 66.0 Å². The molecule has 66 valence electrons. The van der Waals surface area contributed by atoms with Gasteiger partial charge in [0.05, 0.1) is 13.2 Å². The van der Waals surface area contributed by atoms with E-state index in [9.17, 15) is 4.79 Å². The third-order valence-corrected chi connectivity index (χ3v) is 0.997. The zero-order valence-electron chi connectivity index (χ0n) is 6.87. The normalized spacial score (nSPS) is 9.36. The van der Waals surface area contributed by atoms with E-state index in [2.05, 4.69) is 4.84 Å². The summed E-state index contributed by atoms with van der Waals surface area (Å²) in [6, 6.07) is 0. The quantitative estimate of drug-likeness (QED) is 0.465. The number of nitrogens with zero attached hydrogens (tertiary/aromatic N) is 1. The SMILES string of the molecule is CN(C)C(=O)OCCCON. The second-order valence-electron chi connectivity index (χ2n) is 2.23. The Morgan fingerprint density at radius 3 is 2.55 bits per heavy atom. The number of carbonyl (C=O) groups is 1. The molecule has 0 aromatic carbocycles. The molecule has 0 atom stereocenters. The van der Waals surface area contributed by atoms with Crippen molar-refractivity contribution in [3.8, 4) is 0 Å². The van der Waals surface area contributed by atoms with Gasteiger partial charge in [0.1, 0.15) is 0 Å². The van der Waals surface area contributed by atoms with Gasteiger partial charge in [-0.25, -0.2) is 10.7 Å². The highest BCUT2D eigenvalue weighted by Gasteiger charge is 2.02. The van der Waals surface area contributed by atoms with Crippen molar-refractivity contribution in [3.05, 3.63) is 0 Å². The van der Waals surface area contributed by atoms with E-state index in [1.165, 1.54) is 4.90 Å². The van der Waals surface area contributed by atoms with Gasteiger partial charge in [-0.2, -0.15) is 0 Å². The van der Waals surface area contributed by atoms with E-state index in [4.69, 9.17) is 10.6 Å². The molecular weight excluding hydrogens is 148 g/mol. The molecule has 0 bridgehead atoms. The van der Waals surface area contributed by atoms with E-state index in [0.29, 0.717) is 19.6 Å². The molecule has 0 radical (unpaired) electrons. The van der Waals surface area contributed by atoms with Crippen LogP contribution in [-0.4, -0.2) is 38.3 Å². The van der Waals surface area contributed by atoms with Gasteiger partial charge in [0, 0.05) is 20.5 Å². The summed E-state index contributed by atoms with van der Waals surface area (Å²) in [7, 11) is 3.25. The highest BCUT2D eigenvalue weighted by atomic mass is 16.6. The fourth-order valence-corrected chi connectivity index (χ4v) is 0.431. The molecule has 0 aromatic rings. The van der Waals surface area contributed by atoms with E-state index < -0.39 is 0 Å². The number of nitrogens with two attached hydrogens (primary N) is 1. The van der Waals surface area contributed by atoms with Gasteiger partial charge >= 0.3 is 6.09 Å². The van der Waals surface area contributed by atoms with Crippen LogP contribution < -0.4 is 5.90 Å². The number of hydrogen-bond acceptors (Lipinski definition) is 4. The molecule has 0 rings (SSSR count). The van der Waals surface area contributed by atoms with Crippen molar-refractivity contribution in [3.63, 3.8) is 0 Å². The summed E-state index contributed by atoms with van der Waals surface area (Å²) in [5.74, 6) is 4.75. The number of ether oxygens (including phenoxy) is 1. The zero-order chi connectivity index (χ0) is 8.69. The van der Waals surface area contributed by atoms with Gasteiger partial charge in [-0.1, -0.05) is 0 Å². The molecule has 0 aliphatic carbocycles. The Balaban J connectivity index is 3.18. The first-order chi connectivity index (χ1) is 5.18. The largest absolute Gasteiger partial charge is 0.449 e. The van der Waals surface area contributed by atoms with Crippen molar-refractivity contribution >= 4 is 6.09 Å². The van der Waals surface area contributed by atoms with Gasteiger partial charge in [-0.15, -0.1) is 0 Å². The van der Waals surface area contributed by atoms with Crippen molar-refractivity contribution in [2.24, 2.45) is 5.90 Å². The van der Waals surface area contributed by atoms with Crippen LogP contribution in [-0.2, 0) is 9.57 Å². The lowest BCUT2D eigenvalue weighted by molar-refractivity contribution is 0.0893. The van der Waals surface area contributed by atoms with E-state index in [1.807, 2.05) is 0 Å². The second kappa shape index (κ2) is 5.94. The van der Waals surface area contributed by atoms with Crippen LogP contribution >= 0.6 is 0 Å². The summed E-state index contributed by atoms with van der Waals surface area (Å²) in [4.78, 5) is 16.4. The van der Waals surface area contributed by atoms with Gasteiger partial charge in [0.15, 0.2) is 0 Å². The summed E-state index contributed by atoms with van der Waals surface area (Å²) in [5.41, 5.74) is 0. The maximum absolute atomic E-state index is 10.7. The van der Waals surface area contributed by atoms with E-state index in [0.717, 1.165) is 0 Å². The van der Waals surface area contributed by atoms with Gasteiger partial charge in [0.2, 0.25) is 0 Å². The Hall–Kier alpha value is -0.810. The summed E-state index contributed by atoms with van der Waals surface area (Å²) in [5, 5.41) is 0. The molecule has 0 saturated heterocycles. The average Bonchev–Trinajstić information content (AvgIpc) is 1.97. The van der Waals surface area contributed by atoms with Crippen LogP contribution in [0.2, 0.25) is 0 Å². The highest BCUT2D eigenvalue weighted by Crippen LogP contribution is 1.88. The smallest absolute Gasteiger partial charge is 0.409 e. The van der Waals surface area contributed by atoms with E-state index in [1.54, 1.807) is 14.1 Å². The lowest BCUT2D eigenvalue weighted by Gasteiger charge is -2.10. The van der Waals surface area contributed by atoms with Gasteiger partial charge in [-0.05, 0) is 0 Å². The first-order valence-electron chi connectivity index (χ1n) is 3.34. The lowest BCUT2D eigenvalue weighted by atomic mass is 10.5. The Kier molecular flexibility index (Phi) is 5.50. The molecule has 5 heteroatoms. The fourth-order valence-electron chi connectivity index (χ4n) is 0.431. The monoisotopic (exact) mass is 162 g/mol. The van der Waals surface area contributed by atoms with Gasteiger partial charge in [0.25, 0.3) is 0 Å². The van der Waals surface area contributed by atoms with Crippen molar-refractivity contribution in [1.29, 1.82) is 0 Å². The van der Waals surface area contributed by atoms with E-state index in [-0.39, 0.29) is 6.09 Å². The molecule has 0 fully saturated rings.